The third kappa shape index (κ3) is 10.8. The average Bonchev–Trinajstić information content (AvgIpc) is 3.23. The van der Waals surface area contributed by atoms with Crippen molar-refractivity contribution in [3.63, 3.8) is 0 Å². The van der Waals surface area contributed by atoms with Gasteiger partial charge in [0, 0.05) is 11.4 Å². The van der Waals surface area contributed by atoms with Gasteiger partial charge in [-0.2, -0.15) is 0 Å². The first-order valence-electron chi connectivity index (χ1n) is 10.5. The Labute approximate surface area is 229 Å². The van der Waals surface area contributed by atoms with Gasteiger partial charge >= 0.3 is 23.4 Å². The molecule has 0 aliphatic rings. The van der Waals surface area contributed by atoms with Gasteiger partial charge in [-0.1, -0.05) is 48.5 Å². The molecule has 3 aromatic rings. The second-order valence-corrected chi connectivity index (χ2v) is 8.40. The van der Waals surface area contributed by atoms with E-state index in [9.17, 15) is 13.2 Å². The van der Waals surface area contributed by atoms with E-state index in [2.05, 4.69) is 68.3 Å². The third-order valence-corrected chi connectivity index (χ3v) is 5.31. The van der Waals surface area contributed by atoms with E-state index in [0.29, 0.717) is 0 Å². The molecule has 1 heterocycles. The van der Waals surface area contributed by atoms with Crippen molar-refractivity contribution in [3.8, 4) is 0 Å². The zero-order chi connectivity index (χ0) is 26.3. The van der Waals surface area contributed by atoms with Gasteiger partial charge in [0.25, 0.3) is 0 Å². The molecule has 0 saturated heterocycles. The fraction of sp³-hybridized carbons (Fsp3) is 0.269. The molecule has 0 spiro atoms. The van der Waals surface area contributed by atoms with Crippen molar-refractivity contribution in [3.05, 3.63) is 89.6 Å². The maximum Gasteiger partial charge on any atom is 3.00 e. The van der Waals surface area contributed by atoms with Gasteiger partial charge in [0.05, 0.1) is 22.7 Å². The van der Waals surface area contributed by atoms with Crippen molar-refractivity contribution >= 4 is 34.2 Å². The second-order valence-electron chi connectivity index (χ2n) is 7.82. The molecule has 0 fully saturated rings. The number of nitrogens with zero attached hydrogens (tertiary/aromatic N) is 3. The molecule has 0 amide bonds. The first-order chi connectivity index (χ1) is 16.3. The van der Waals surface area contributed by atoms with Gasteiger partial charge in [0.1, 0.15) is 0 Å². The monoisotopic (exact) mass is 576 g/mol. The number of aromatic nitrogens is 1. The minimum Gasteiger partial charge on any atom is -0.750 e. The van der Waals surface area contributed by atoms with Gasteiger partial charge in [-0.3, -0.25) is 9.98 Å². The van der Waals surface area contributed by atoms with Crippen LogP contribution in [0.2, 0.25) is 0 Å². The van der Waals surface area contributed by atoms with E-state index in [0.717, 1.165) is 34.2 Å². The molecule has 0 saturated carbocycles. The molecule has 0 N–H and O–H groups in total. The number of alkyl halides is 3. The molecular weight excluding hydrogens is 547 g/mol. The van der Waals surface area contributed by atoms with E-state index in [-0.39, 0.29) is 24.5 Å². The molecule has 1 atom stereocenters. The Morgan fingerprint density at radius 3 is 1.38 bits per heavy atom. The summed E-state index contributed by atoms with van der Waals surface area (Å²) >= 11 is -3.51. The van der Waals surface area contributed by atoms with Crippen LogP contribution in [0, 0.1) is 35.1 Å². The fourth-order valence-corrected chi connectivity index (χ4v) is 3.41. The van der Waals surface area contributed by atoms with Gasteiger partial charge in [-0.05, 0) is 63.8 Å². The van der Waals surface area contributed by atoms with E-state index in [1.54, 1.807) is 0 Å². The predicted octanol–water partition coefficient (Wildman–Crippen LogP) is 6.92. The molecule has 0 aliphatic heterocycles. The summed E-state index contributed by atoms with van der Waals surface area (Å²) in [6, 6.07) is 16.5. The number of para-hydroxylation sites is 2. The number of hydrogen-bond donors (Lipinski definition) is 0. The first-order valence-corrected chi connectivity index (χ1v) is 11.5. The van der Waals surface area contributed by atoms with E-state index in [4.69, 9.17) is 23.7 Å². The number of hydrogen-bond acceptors (Lipinski definition) is 5. The number of aryl methyl sites for hydroxylation is 4. The van der Waals surface area contributed by atoms with Crippen LogP contribution >= 0.6 is 0 Å². The van der Waals surface area contributed by atoms with Crippen molar-refractivity contribution in [1.82, 2.24) is 4.98 Å². The van der Waals surface area contributed by atoms with E-state index >= 15 is 0 Å². The number of benzene rings is 2. The summed E-state index contributed by atoms with van der Waals surface area (Å²) in [7, 11) is 0. The number of aliphatic imine (C=N–C) groups is 2. The SMILES string of the molecule is CC(=Nc1c(C)cccc1C)c1ccc(C(C)=Nc2c(C)cccc2C)[n-]1.O=S([O-])OC(F)(F)F.[CH3-].[Fe+3]. The summed E-state index contributed by atoms with van der Waals surface area (Å²) in [5.41, 5.74) is 10.4. The topological polar surface area (TPSA) is 88.2 Å². The normalized spacial score (nSPS) is 12.6. The van der Waals surface area contributed by atoms with Crippen LogP contribution in [-0.2, 0) is 32.6 Å². The molecule has 0 bridgehead atoms. The molecule has 2 aromatic carbocycles. The minimum absolute atomic E-state index is 0. The largest absolute Gasteiger partial charge is 3.00 e. The summed E-state index contributed by atoms with van der Waals surface area (Å²) in [6.07, 6.45) is -5.09. The van der Waals surface area contributed by atoms with Crippen LogP contribution in [0.3, 0.4) is 0 Å². The molecule has 3 rings (SSSR count). The van der Waals surface area contributed by atoms with Gasteiger partial charge in [0.2, 0.25) is 0 Å². The molecule has 11 heteroatoms. The summed E-state index contributed by atoms with van der Waals surface area (Å²) in [6.45, 7) is 12.4. The van der Waals surface area contributed by atoms with Crippen LogP contribution in [0.15, 0.2) is 58.5 Å². The van der Waals surface area contributed by atoms with Crippen LogP contribution in [0.1, 0.15) is 47.5 Å². The van der Waals surface area contributed by atoms with Gasteiger partial charge in [-0.15, -0.1) is 24.6 Å². The summed E-state index contributed by atoms with van der Waals surface area (Å²) < 4.78 is 52.6. The number of halogens is 3. The number of rotatable bonds is 5. The zero-order valence-electron chi connectivity index (χ0n) is 21.6. The maximum absolute atomic E-state index is 10.7. The fourth-order valence-electron chi connectivity index (χ4n) is 3.26. The summed E-state index contributed by atoms with van der Waals surface area (Å²) in [5.74, 6) is 0. The summed E-state index contributed by atoms with van der Waals surface area (Å²) in [5, 5.41) is 0. The van der Waals surface area contributed by atoms with Gasteiger partial charge < -0.3 is 17.0 Å². The second kappa shape index (κ2) is 15.0. The minimum atomic E-state index is -5.09. The standard InChI is InChI=1S/C24H26N3.CHF3O3S.CH3.Fe/c1-15-9-7-10-16(2)23(15)25-19(5)21-13-14-22(27-21)20(6)26-24-17(3)11-8-12-18(24)4;2-1(3,4)7-8(5)6;;/h7-14H,1-6H3;(H,5,6);1H3;/q-1;;-1;+3/p-1. The van der Waals surface area contributed by atoms with Crippen LogP contribution < -0.4 is 4.98 Å². The first kappa shape index (κ1) is 34.4. The summed E-state index contributed by atoms with van der Waals surface area (Å²) in [4.78, 5) is 14.4. The molecule has 0 aliphatic carbocycles. The molecule has 201 valence electrons. The maximum atomic E-state index is 10.7. The predicted molar refractivity (Wildman–Crippen MR) is 138 cm³/mol. The van der Waals surface area contributed by atoms with Crippen LogP contribution in [0.5, 0.6) is 0 Å². The van der Waals surface area contributed by atoms with Crippen LogP contribution in [-0.4, -0.2) is 26.5 Å². The van der Waals surface area contributed by atoms with Crippen molar-refractivity contribution in [2.24, 2.45) is 9.98 Å². The molecule has 1 radical (unpaired) electrons. The Morgan fingerprint density at radius 1 is 0.811 bits per heavy atom. The van der Waals surface area contributed by atoms with Gasteiger partial charge in [-0.25, -0.2) is 8.39 Å². The van der Waals surface area contributed by atoms with Crippen molar-refractivity contribution < 1.29 is 43.2 Å². The van der Waals surface area contributed by atoms with Crippen LogP contribution in [0.25, 0.3) is 0 Å². The Hall–Kier alpha value is -2.56. The van der Waals surface area contributed by atoms with E-state index in [1.165, 1.54) is 22.3 Å². The van der Waals surface area contributed by atoms with E-state index in [1.807, 2.05) is 26.0 Å². The Bertz CT molecular complexity index is 1150. The van der Waals surface area contributed by atoms with E-state index < -0.39 is 17.7 Å². The molecule has 1 aromatic heterocycles. The third-order valence-electron chi connectivity index (χ3n) is 4.98. The van der Waals surface area contributed by atoms with Crippen LogP contribution in [0.4, 0.5) is 24.5 Å². The zero-order valence-corrected chi connectivity index (χ0v) is 23.5. The molecular formula is C26H29F3FeN3O3S. The van der Waals surface area contributed by atoms with Crippen molar-refractivity contribution in [2.45, 2.75) is 47.9 Å². The Morgan fingerprint density at radius 2 is 1.14 bits per heavy atom. The van der Waals surface area contributed by atoms with Crippen molar-refractivity contribution in [2.75, 3.05) is 0 Å². The quantitative estimate of drug-likeness (QED) is 0.143. The molecule has 1 unspecified atom stereocenters. The van der Waals surface area contributed by atoms with Crippen molar-refractivity contribution in [1.29, 1.82) is 0 Å². The Balaban J connectivity index is 0.00000113. The molecule has 37 heavy (non-hydrogen) atoms. The Kier molecular flexibility index (Phi) is 14.0. The molecule has 6 nitrogen and oxygen atoms in total. The van der Waals surface area contributed by atoms with Gasteiger partial charge in [0.15, 0.2) is 0 Å². The smallest absolute Gasteiger partial charge is 0.750 e. The average molecular weight is 576 g/mol.